The second kappa shape index (κ2) is 17.2. The SMILES string of the molecule is CCCCCCCCCCCCCCCCCC(=O)OCC1COC2(CC(C)(C)N([O])C(CC)(CC)C2)O1. The van der Waals surface area contributed by atoms with Crippen LogP contribution in [0.4, 0.5) is 0 Å². The third-order valence-corrected chi connectivity index (χ3v) is 8.93. The largest absolute Gasteiger partial charge is 0.463 e. The predicted molar refractivity (Wildman–Crippen MR) is 153 cm³/mol. The molecule has 1 spiro atoms. The normalized spacial score (nSPS) is 24.7. The number of hydrogen-bond donors (Lipinski definition) is 0. The van der Waals surface area contributed by atoms with Crippen LogP contribution < -0.4 is 0 Å². The summed E-state index contributed by atoms with van der Waals surface area (Å²) in [4.78, 5) is 12.3. The summed E-state index contributed by atoms with van der Waals surface area (Å²) in [7, 11) is 0. The van der Waals surface area contributed by atoms with Gasteiger partial charge < -0.3 is 14.2 Å². The average molecular weight is 539 g/mol. The first kappa shape index (κ1) is 33.5. The van der Waals surface area contributed by atoms with Crippen LogP contribution in [-0.4, -0.2) is 47.2 Å². The number of nitrogens with zero attached hydrogens (tertiary/aromatic N) is 1. The van der Waals surface area contributed by atoms with E-state index in [1.54, 1.807) is 0 Å². The molecule has 0 aromatic carbocycles. The van der Waals surface area contributed by atoms with Crippen molar-refractivity contribution < 1.29 is 24.2 Å². The third-order valence-electron chi connectivity index (χ3n) is 8.93. The smallest absolute Gasteiger partial charge is 0.305 e. The third kappa shape index (κ3) is 10.7. The lowest BCUT2D eigenvalue weighted by atomic mass is 9.73. The van der Waals surface area contributed by atoms with Gasteiger partial charge >= 0.3 is 5.97 Å². The Hall–Kier alpha value is -0.690. The van der Waals surface area contributed by atoms with Crippen molar-refractivity contribution in [2.45, 2.75) is 186 Å². The van der Waals surface area contributed by atoms with Crippen molar-refractivity contribution in [3.8, 4) is 0 Å². The molecule has 2 aliphatic rings. The number of unbranched alkanes of at least 4 members (excludes halogenated alkanes) is 14. The molecule has 2 saturated heterocycles. The van der Waals surface area contributed by atoms with Crippen LogP contribution in [0.5, 0.6) is 0 Å². The summed E-state index contributed by atoms with van der Waals surface area (Å²) >= 11 is 0. The van der Waals surface area contributed by atoms with Crippen molar-refractivity contribution in [2.75, 3.05) is 13.2 Å². The first-order valence-electron chi connectivity index (χ1n) is 16.2. The quantitative estimate of drug-likeness (QED) is 0.115. The Morgan fingerprint density at radius 3 is 1.79 bits per heavy atom. The predicted octanol–water partition coefficient (Wildman–Crippen LogP) is 8.68. The summed E-state index contributed by atoms with van der Waals surface area (Å²) in [5.74, 6) is -0.905. The summed E-state index contributed by atoms with van der Waals surface area (Å²) in [6, 6.07) is 0. The maximum absolute atomic E-state index is 13.1. The summed E-state index contributed by atoms with van der Waals surface area (Å²) in [6.07, 6.45) is 22.5. The first-order chi connectivity index (χ1) is 18.2. The number of ether oxygens (including phenoxy) is 3. The van der Waals surface area contributed by atoms with E-state index in [2.05, 4.69) is 20.8 Å². The van der Waals surface area contributed by atoms with Crippen LogP contribution in [-0.2, 0) is 24.2 Å². The van der Waals surface area contributed by atoms with Crippen molar-refractivity contribution in [3.05, 3.63) is 0 Å². The van der Waals surface area contributed by atoms with Crippen LogP contribution in [0.1, 0.15) is 163 Å². The standard InChI is InChI=1S/C32H60NO5/c1-6-9-10-11-12-13-14-15-16-17-18-19-20-21-22-23-29(34)36-24-28-25-37-32(38-28)26-30(4,5)33(35)31(7-2,8-3)27-32/h28H,6-27H2,1-5H3. The second-order valence-corrected chi connectivity index (χ2v) is 12.7. The monoisotopic (exact) mass is 538 g/mol. The lowest BCUT2D eigenvalue weighted by Crippen LogP contribution is -2.66. The van der Waals surface area contributed by atoms with Crippen LogP contribution in [0.25, 0.3) is 0 Å². The highest BCUT2D eigenvalue weighted by atomic mass is 16.8. The molecule has 1 radical (unpaired) electrons. The Balaban J connectivity index is 1.50. The van der Waals surface area contributed by atoms with E-state index in [4.69, 9.17) is 14.2 Å². The maximum Gasteiger partial charge on any atom is 0.305 e. The molecule has 2 fully saturated rings. The van der Waals surface area contributed by atoms with E-state index in [-0.39, 0.29) is 18.7 Å². The van der Waals surface area contributed by atoms with Gasteiger partial charge in [0.1, 0.15) is 12.7 Å². The van der Waals surface area contributed by atoms with E-state index in [1.165, 1.54) is 88.5 Å². The zero-order chi connectivity index (χ0) is 27.9. The van der Waals surface area contributed by atoms with Crippen molar-refractivity contribution in [3.63, 3.8) is 0 Å². The van der Waals surface area contributed by atoms with E-state index >= 15 is 0 Å². The topological polar surface area (TPSA) is 67.9 Å². The van der Waals surface area contributed by atoms with Gasteiger partial charge in [-0.2, -0.15) is 0 Å². The van der Waals surface area contributed by atoms with Gasteiger partial charge in [0.25, 0.3) is 0 Å². The average Bonchev–Trinajstić information content (AvgIpc) is 3.28. The van der Waals surface area contributed by atoms with Gasteiger partial charge in [0.15, 0.2) is 5.79 Å². The summed E-state index contributed by atoms with van der Waals surface area (Å²) < 4.78 is 18.1. The Morgan fingerprint density at radius 1 is 0.789 bits per heavy atom. The number of rotatable bonds is 20. The van der Waals surface area contributed by atoms with E-state index in [9.17, 15) is 10.0 Å². The van der Waals surface area contributed by atoms with Gasteiger partial charge in [-0.25, -0.2) is 0 Å². The molecule has 223 valence electrons. The molecule has 2 unspecified atom stereocenters. The molecule has 0 bridgehead atoms. The Kier molecular flexibility index (Phi) is 15.2. The molecule has 0 aromatic heterocycles. The fourth-order valence-electron chi connectivity index (χ4n) is 6.58. The van der Waals surface area contributed by atoms with Crippen LogP contribution in [0.2, 0.25) is 0 Å². The van der Waals surface area contributed by atoms with E-state index in [0.29, 0.717) is 25.9 Å². The molecule has 2 heterocycles. The highest BCUT2D eigenvalue weighted by Gasteiger charge is 2.59. The number of hydroxylamine groups is 2. The Labute approximate surface area is 234 Å². The maximum atomic E-state index is 13.1. The van der Waals surface area contributed by atoms with Crippen molar-refractivity contribution in [1.82, 2.24) is 5.06 Å². The molecule has 6 nitrogen and oxygen atoms in total. The molecular formula is C32H60NO5. The highest BCUT2D eigenvalue weighted by Crippen LogP contribution is 2.50. The summed E-state index contributed by atoms with van der Waals surface area (Å²) in [6.45, 7) is 11.0. The van der Waals surface area contributed by atoms with Crippen molar-refractivity contribution >= 4 is 5.97 Å². The Bertz CT molecular complexity index is 650. The minimum absolute atomic E-state index is 0.143. The highest BCUT2D eigenvalue weighted by molar-refractivity contribution is 5.69. The molecule has 38 heavy (non-hydrogen) atoms. The summed E-state index contributed by atoms with van der Waals surface area (Å²) in [5, 5.41) is 14.4. The Morgan fingerprint density at radius 2 is 1.29 bits per heavy atom. The molecule has 2 rings (SSSR count). The van der Waals surface area contributed by atoms with Gasteiger partial charge in [0.05, 0.1) is 12.1 Å². The zero-order valence-electron chi connectivity index (χ0n) is 25.6. The van der Waals surface area contributed by atoms with Crippen molar-refractivity contribution in [1.29, 1.82) is 0 Å². The van der Waals surface area contributed by atoms with Crippen molar-refractivity contribution in [2.24, 2.45) is 0 Å². The molecular weight excluding hydrogens is 478 g/mol. The fourth-order valence-corrected chi connectivity index (χ4v) is 6.58. The number of carbonyl (C=O) groups excluding carboxylic acids is 1. The van der Waals surface area contributed by atoms with Gasteiger partial charge in [-0.1, -0.05) is 111 Å². The van der Waals surface area contributed by atoms with Crippen LogP contribution in [0.15, 0.2) is 0 Å². The molecule has 6 heteroatoms. The second-order valence-electron chi connectivity index (χ2n) is 12.7. The van der Waals surface area contributed by atoms with Gasteiger partial charge in [0, 0.05) is 24.8 Å². The van der Waals surface area contributed by atoms with Gasteiger partial charge in [-0.15, -0.1) is 10.3 Å². The van der Waals surface area contributed by atoms with Crippen LogP contribution in [0, 0.1) is 0 Å². The molecule has 0 N–H and O–H groups in total. The van der Waals surface area contributed by atoms with E-state index < -0.39 is 16.9 Å². The first-order valence-corrected chi connectivity index (χ1v) is 16.2. The minimum Gasteiger partial charge on any atom is -0.463 e. The van der Waals surface area contributed by atoms with Crippen LogP contribution in [0.3, 0.4) is 0 Å². The number of esters is 1. The number of carbonyl (C=O) groups is 1. The lowest BCUT2D eigenvalue weighted by Gasteiger charge is -2.55. The number of hydrogen-bond acceptors (Lipinski definition) is 5. The van der Waals surface area contributed by atoms with Gasteiger partial charge in [0.2, 0.25) is 0 Å². The zero-order valence-corrected chi connectivity index (χ0v) is 25.6. The van der Waals surface area contributed by atoms with Crippen LogP contribution >= 0.6 is 0 Å². The molecule has 2 atom stereocenters. The van der Waals surface area contributed by atoms with Gasteiger partial charge in [-0.3, -0.25) is 4.79 Å². The molecule has 0 aliphatic carbocycles. The molecule has 0 saturated carbocycles. The summed E-state index contributed by atoms with van der Waals surface area (Å²) in [5.41, 5.74) is -1.05. The van der Waals surface area contributed by atoms with Gasteiger partial charge in [-0.05, 0) is 33.1 Å². The fraction of sp³-hybridized carbons (Fsp3) is 0.969. The van der Waals surface area contributed by atoms with E-state index in [1.807, 2.05) is 13.8 Å². The minimum atomic E-state index is -0.762. The van der Waals surface area contributed by atoms with E-state index in [0.717, 1.165) is 25.7 Å². The molecule has 2 aliphatic heterocycles. The molecule has 0 amide bonds. The number of piperidine rings is 1. The molecule has 0 aromatic rings. The lowest BCUT2D eigenvalue weighted by molar-refractivity contribution is -0.352.